The van der Waals surface area contributed by atoms with Gasteiger partial charge in [-0.2, -0.15) is 0 Å². The third-order valence-electron chi connectivity index (χ3n) is 2.53. The Morgan fingerprint density at radius 3 is 2.50 bits per heavy atom. The molecular weight excluding hydrogens is 170 g/mol. The number of allylic oxidation sites excluding steroid dienone is 4. The Morgan fingerprint density at radius 1 is 1.07 bits per heavy atom. The van der Waals surface area contributed by atoms with E-state index in [1.165, 1.54) is 11.1 Å². The molecule has 1 heteroatoms. The third-order valence-corrected chi connectivity index (χ3v) is 2.53. The van der Waals surface area contributed by atoms with Crippen molar-refractivity contribution in [2.45, 2.75) is 13.0 Å². The minimum atomic E-state index is 0.572. The molecule has 1 nitrogen and oxygen atoms in total. The molecule has 0 aromatic heterocycles. The van der Waals surface area contributed by atoms with Gasteiger partial charge in [-0.15, -0.1) is 0 Å². The van der Waals surface area contributed by atoms with E-state index in [0.717, 1.165) is 6.42 Å². The van der Waals surface area contributed by atoms with Crippen LogP contribution < -0.4 is 5.73 Å². The van der Waals surface area contributed by atoms with E-state index >= 15 is 0 Å². The largest absolute Gasteiger partial charge is 0.326 e. The van der Waals surface area contributed by atoms with Crippen molar-refractivity contribution in [3.63, 3.8) is 0 Å². The van der Waals surface area contributed by atoms with Crippen LogP contribution in [0.15, 0.2) is 48.6 Å². The van der Waals surface area contributed by atoms with Crippen LogP contribution in [0.2, 0.25) is 0 Å². The fourth-order valence-corrected chi connectivity index (χ4v) is 1.77. The number of hydrogen-bond donors (Lipinski definition) is 1. The van der Waals surface area contributed by atoms with Gasteiger partial charge in [-0.25, -0.2) is 0 Å². The van der Waals surface area contributed by atoms with Crippen LogP contribution >= 0.6 is 0 Å². The molecule has 0 fully saturated rings. The zero-order chi connectivity index (χ0) is 9.80. The lowest BCUT2D eigenvalue weighted by Crippen LogP contribution is -1.99. The second-order valence-corrected chi connectivity index (χ2v) is 3.66. The molecule has 0 saturated carbocycles. The lowest BCUT2D eigenvalue weighted by Gasteiger charge is -2.06. The molecule has 0 spiro atoms. The van der Waals surface area contributed by atoms with Crippen molar-refractivity contribution in [2.24, 2.45) is 11.7 Å². The molecule has 0 atom stereocenters. The predicted molar refractivity (Wildman–Crippen MR) is 59.8 cm³/mol. The van der Waals surface area contributed by atoms with Crippen LogP contribution in [0.1, 0.15) is 11.1 Å². The topological polar surface area (TPSA) is 26.0 Å². The van der Waals surface area contributed by atoms with Crippen LogP contribution in [0.3, 0.4) is 0 Å². The van der Waals surface area contributed by atoms with E-state index in [2.05, 4.69) is 48.6 Å². The Morgan fingerprint density at radius 2 is 1.79 bits per heavy atom. The maximum Gasteiger partial charge on any atom is 0.0178 e. The van der Waals surface area contributed by atoms with Crippen LogP contribution in [0.4, 0.5) is 0 Å². The second kappa shape index (κ2) is 4.25. The van der Waals surface area contributed by atoms with Gasteiger partial charge in [-0.3, -0.25) is 0 Å². The average molecular weight is 185 g/mol. The predicted octanol–water partition coefficient (Wildman–Crippen LogP) is 2.43. The van der Waals surface area contributed by atoms with Crippen molar-refractivity contribution in [1.29, 1.82) is 0 Å². The quantitative estimate of drug-likeness (QED) is 0.769. The van der Waals surface area contributed by atoms with E-state index in [0.29, 0.717) is 12.5 Å². The Hall–Kier alpha value is -1.34. The van der Waals surface area contributed by atoms with Crippen molar-refractivity contribution in [1.82, 2.24) is 0 Å². The molecule has 0 heterocycles. The van der Waals surface area contributed by atoms with Crippen molar-refractivity contribution in [3.8, 4) is 0 Å². The maximum atomic E-state index is 5.60. The minimum Gasteiger partial charge on any atom is -0.326 e. The number of nitrogens with two attached hydrogens (primary N) is 1. The van der Waals surface area contributed by atoms with E-state index < -0.39 is 0 Å². The summed E-state index contributed by atoms with van der Waals surface area (Å²) in [5.74, 6) is 0.572. The van der Waals surface area contributed by atoms with Gasteiger partial charge in [0.15, 0.2) is 0 Å². The highest BCUT2D eigenvalue weighted by molar-refractivity contribution is 5.27. The molecule has 14 heavy (non-hydrogen) atoms. The van der Waals surface area contributed by atoms with Gasteiger partial charge in [0.2, 0.25) is 0 Å². The molecule has 0 saturated heterocycles. The first-order valence-corrected chi connectivity index (χ1v) is 5.01. The van der Waals surface area contributed by atoms with E-state index in [-0.39, 0.29) is 0 Å². The monoisotopic (exact) mass is 185 g/mol. The second-order valence-electron chi connectivity index (χ2n) is 3.66. The zero-order valence-corrected chi connectivity index (χ0v) is 8.19. The van der Waals surface area contributed by atoms with Gasteiger partial charge in [-0.1, -0.05) is 48.6 Å². The molecule has 1 aliphatic rings. The summed E-state index contributed by atoms with van der Waals surface area (Å²) < 4.78 is 0. The van der Waals surface area contributed by atoms with Crippen LogP contribution in [0.5, 0.6) is 0 Å². The van der Waals surface area contributed by atoms with Gasteiger partial charge in [0.05, 0.1) is 0 Å². The third kappa shape index (κ3) is 2.12. The van der Waals surface area contributed by atoms with Crippen molar-refractivity contribution in [2.75, 3.05) is 0 Å². The first-order valence-electron chi connectivity index (χ1n) is 5.01. The molecule has 1 aromatic rings. The summed E-state index contributed by atoms with van der Waals surface area (Å²) in [7, 11) is 0. The highest BCUT2D eigenvalue weighted by Gasteiger charge is 2.04. The summed E-state index contributed by atoms with van der Waals surface area (Å²) >= 11 is 0. The molecule has 2 rings (SSSR count). The summed E-state index contributed by atoms with van der Waals surface area (Å²) in [5, 5.41) is 0. The van der Waals surface area contributed by atoms with E-state index in [1.54, 1.807) is 0 Å². The number of hydrogen-bond acceptors (Lipinski definition) is 1. The molecule has 0 bridgehead atoms. The van der Waals surface area contributed by atoms with Crippen molar-refractivity contribution < 1.29 is 0 Å². The van der Waals surface area contributed by atoms with Gasteiger partial charge >= 0.3 is 0 Å². The lowest BCUT2D eigenvalue weighted by atomic mass is 9.99. The Kier molecular flexibility index (Phi) is 2.80. The molecule has 0 amide bonds. The average Bonchev–Trinajstić information content (AvgIpc) is 2.71. The summed E-state index contributed by atoms with van der Waals surface area (Å²) in [6, 6.07) is 8.52. The first-order chi connectivity index (χ1) is 6.88. The highest BCUT2D eigenvalue weighted by Crippen LogP contribution is 2.16. The fourth-order valence-electron chi connectivity index (χ4n) is 1.77. The van der Waals surface area contributed by atoms with Crippen LogP contribution in [-0.4, -0.2) is 0 Å². The van der Waals surface area contributed by atoms with E-state index in [4.69, 9.17) is 5.73 Å². The first kappa shape index (κ1) is 9.22. The van der Waals surface area contributed by atoms with Gasteiger partial charge in [0.25, 0.3) is 0 Å². The summed E-state index contributed by atoms with van der Waals surface area (Å²) in [5.41, 5.74) is 8.18. The van der Waals surface area contributed by atoms with Gasteiger partial charge in [0.1, 0.15) is 0 Å². The van der Waals surface area contributed by atoms with Crippen molar-refractivity contribution >= 4 is 0 Å². The molecule has 72 valence electrons. The summed E-state index contributed by atoms with van der Waals surface area (Å²) in [4.78, 5) is 0. The Balaban J connectivity index is 2.08. The van der Waals surface area contributed by atoms with Crippen molar-refractivity contribution in [3.05, 3.63) is 59.7 Å². The normalized spacial score (nSPS) is 15.2. The van der Waals surface area contributed by atoms with Crippen LogP contribution in [0, 0.1) is 5.92 Å². The molecule has 1 aliphatic carbocycles. The highest BCUT2D eigenvalue weighted by atomic mass is 14.5. The smallest absolute Gasteiger partial charge is 0.0178 e. The molecular formula is C13H15N. The summed E-state index contributed by atoms with van der Waals surface area (Å²) in [6.07, 6.45) is 9.76. The maximum absolute atomic E-state index is 5.60. The van der Waals surface area contributed by atoms with Gasteiger partial charge in [-0.05, 0) is 23.5 Å². The zero-order valence-electron chi connectivity index (χ0n) is 8.19. The molecule has 0 aliphatic heterocycles. The Bertz CT molecular complexity index is 351. The standard InChI is InChI=1S/C13H15N/c14-10-13-7-3-6-12(9-13)8-11-4-1-2-5-11/h1-7,9,11H,8,10,14H2. The summed E-state index contributed by atoms with van der Waals surface area (Å²) in [6.45, 7) is 0.629. The van der Waals surface area contributed by atoms with Crippen LogP contribution in [0.25, 0.3) is 0 Å². The Labute approximate surface area is 84.9 Å². The van der Waals surface area contributed by atoms with Gasteiger partial charge in [0, 0.05) is 6.54 Å². The molecule has 0 radical (unpaired) electrons. The number of benzene rings is 1. The molecule has 0 unspecified atom stereocenters. The van der Waals surface area contributed by atoms with Gasteiger partial charge < -0.3 is 5.73 Å². The fraction of sp³-hybridized carbons (Fsp3) is 0.231. The molecule has 2 N–H and O–H groups in total. The minimum absolute atomic E-state index is 0.572. The molecule has 1 aromatic carbocycles. The lowest BCUT2D eigenvalue weighted by molar-refractivity contribution is 0.814. The number of rotatable bonds is 3. The van der Waals surface area contributed by atoms with E-state index in [9.17, 15) is 0 Å². The SMILES string of the molecule is NCc1cccc(CC2C=CC=C2)c1. The van der Waals surface area contributed by atoms with Crippen LogP contribution in [-0.2, 0) is 13.0 Å². The van der Waals surface area contributed by atoms with E-state index in [1.807, 2.05) is 0 Å².